The van der Waals surface area contributed by atoms with Crippen molar-refractivity contribution in [2.75, 3.05) is 18.6 Å². The van der Waals surface area contributed by atoms with E-state index in [1.165, 1.54) is 16.8 Å². The van der Waals surface area contributed by atoms with E-state index < -0.39 is 5.97 Å². The van der Waals surface area contributed by atoms with E-state index in [0.717, 1.165) is 48.6 Å². The third-order valence-electron chi connectivity index (χ3n) is 6.26. The van der Waals surface area contributed by atoms with E-state index >= 15 is 0 Å². The lowest BCUT2D eigenvalue weighted by Crippen LogP contribution is -2.28. The molecule has 0 amide bonds. The van der Waals surface area contributed by atoms with Crippen molar-refractivity contribution in [3.05, 3.63) is 89.0 Å². The van der Waals surface area contributed by atoms with Gasteiger partial charge in [-0.15, -0.1) is 5.92 Å². The van der Waals surface area contributed by atoms with Gasteiger partial charge in [-0.05, 0) is 60.2 Å². The number of hydrogen-bond acceptors (Lipinski definition) is 5. The zero-order valence-electron chi connectivity index (χ0n) is 21.7. The van der Waals surface area contributed by atoms with E-state index in [9.17, 15) is 4.79 Å². The number of carbonyl (C=O) groups is 2. The summed E-state index contributed by atoms with van der Waals surface area (Å²) in [7, 11) is 1.71. The third-order valence-corrected chi connectivity index (χ3v) is 6.26. The van der Waals surface area contributed by atoms with Crippen LogP contribution in [-0.2, 0) is 29.2 Å². The number of carboxylic acids is 1. The molecule has 1 aliphatic rings. The molecule has 0 aromatic heterocycles. The Balaban J connectivity index is 0.00000127. The maximum atomic E-state index is 11.1. The molecular formula is C31H33NO6. The van der Waals surface area contributed by atoms with Crippen molar-refractivity contribution in [3.63, 3.8) is 0 Å². The fraction of sp³-hybridized carbons (Fsp3) is 0.290. The van der Waals surface area contributed by atoms with Crippen molar-refractivity contribution in [1.82, 2.24) is 0 Å². The van der Waals surface area contributed by atoms with Crippen molar-refractivity contribution in [1.29, 1.82) is 0 Å². The molecule has 3 aromatic carbocycles. The molecule has 0 unspecified atom stereocenters. The van der Waals surface area contributed by atoms with Crippen LogP contribution in [0.5, 0.6) is 11.5 Å². The molecule has 7 nitrogen and oxygen atoms in total. The number of hydrogen-bond donors (Lipinski definition) is 2. The standard InChI is InChI=1S/C30H31NO4.CH2O2/c1-3-6-26(18-30(32)33)24-10-13-27(14-11-24)35-21-23-8-4-7-22(17-23)20-31-16-5-9-25-12-15-28(34-2)19-29(25)31;2-1-3/h4,7-8,10-15,17,19,26H,5,9,16,18,20-21H2,1-2H3,(H,32,33);1H,(H,2,3)/t26-;/m0./s1. The van der Waals surface area contributed by atoms with Gasteiger partial charge >= 0.3 is 5.97 Å². The maximum absolute atomic E-state index is 11.1. The lowest BCUT2D eigenvalue weighted by molar-refractivity contribution is -0.137. The molecule has 0 radical (unpaired) electrons. The molecule has 0 saturated heterocycles. The average Bonchev–Trinajstić information content (AvgIpc) is 2.92. The number of benzene rings is 3. The van der Waals surface area contributed by atoms with Gasteiger partial charge in [-0.1, -0.05) is 48.4 Å². The zero-order valence-corrected chi connectivity index (χ0v) is 21.7. The number of carboxylic acid groups (broad SMARTS) is 2. The highest BCUT2D eigenvalue weighted by molar-refractivity contribution is 5.69. The summed E-state index contributed by atoms with van der Waals surface area (Å²) in [6.07, 6.45) is 2.24. The highest BCUT2D eigenvalue weighted by Gasteiger charge is 2.18. The Morgan fingerprint density at radius 1 is 1.08 bits per heavy atom. The molecule has 1 heterocycles. The van der Waals surface area contributed by atoms with Crippen molar-refractivity contribution in [3.8, 4) is 23.3 Å². The van der Waals surface area contributed by atoms with Crippen LogP contribution in [0.4, 0.5) is 5.69 Å². The van der Waals surface area contributed by atoms with Crippen molar-refractivity contribution in [2.24, 2.45) is 0 Å². The summed E-state index contributed by atoms with van der Waals surface area (Å²) in [4.78, 5) is 21.9. The predicted octanol–water partition coefficient (Wildman–Crippen LogP) is 5.51. The van der Waals surface area contributed by atoms with Crippen LogP contribution in [0.1, 0.15) is 47.9 Å². The number of nitrogens with zero attached hydrogens (tertiary/aromatic N) is 1. The van der Waals surface area contributed by atoms with Gasteiger partial charge < -0.3 is 24.6 Å². The van der Waals surface area contributed by atoms with Gasteiger partial charge in [0, 0.05) is 24.8 Å². The first kappa shape index (κ1) is 28.1. The Kier molecular flexibility index (Phi) is 10.6. The second-order valence-electron chi connectivity index (χ2n) is 8.85. The van der Waals surface area contributed by atoms with Gasteiger partial charge in [0.05, 0.1) is 19.4 Å². The molecule has 1 aliphatic heterocycles. The highest BCUT2D eigenvalue weighted by Crippen LogP contribution is 2.32. The molecule has 0 spiro atoms. The van der Waals surface area contributed by atoms with Gasteiger partial charge in [-0.25, -0.2) is 0 Å². The van der Waals surface area contributed by atoms with Crippen LogP contribution in [0.3, 0.4) is 0 Å². The van der Waals surface area contributed by atoms with Crippen molar-refractivity contribution < 1.29 is 29.3 Å². The maximum Gasteiger partial charge on any atom is 0.304 e. The van der Waals surface area contributed by atoms with E-state index in [1.54, 1.807) is 14.0 Å². The molecule has 0 aliphatic carbocycles. The topological polar surface area (TPSA) is 96.3 Å². The summed E-state index contributed by atoms with van der Waals surface area (Å²) in [5.74, 6) is 6.26. The van der Waals surface area contributed by atoms with Gasteiger partial charge in [-0.2, -0.15) is 0 Å². The number of anilines is 1. The molecule has 1 atom stereocenters. The van der Waals surface area contributed by atoms with Crippen LogP contribution in [0.15, 0.2) is 66.7 Å². The van der Waals surface area contributed by atoms with E-state index in [-0.39, 0.29) is 18.8 Å². The Labute approximate surface area is 223 Å². The number of ether oxygens (including phenoxy) is 2. The second-order valence-corrected chi connectivity index (χ2v) is 8.85. The first-order valence-electron chi connectivity index (χ1n) is 12.4. The normalized spacial score (nSPS) is 12.5. The minimum absolute atomic E-state index is 0.0118. The van der Waals surface area contributed by atoms with Crippen LogP contribution < -0.4 is 14.4 Å². The van der Waals surface area contributed by atoms with Gasteiger partial charge in [0.2, 0.25) is 0 Å². The summed E-state index contributed by atoms with van der Waals surface area (Å²) < 4.78 is 11.5. The average molecular weight is 516 g/mol. The largest absolute Gasteiger partial charge is 0.497 e. The highest BCUT2D eigenvalue weighted by atomic mass is 16.5. The van der Waals surface area contributed by atoms with Gasteiger partial charge in [0.1, 0.15) is 18.1 Å². The Hall–Kier alpha value is -4.44. The molecule has 198 valence electrons. The Morgan fingerprint density at radius 2 is 1.79 bits per heavy atom. The minimum atomic E-state index is -0.856. The number of rotatable bonds is 9. The van der Waals surface area contributed by atoms with Crippen LogP contribution in [0, 0.1) is 11.8 Å². The number of fused-ring (bicyclic) bond motifs is 1. The fourth-order valence-corrected chi connectivity index (χ4v) is 4.52. The smallest absolute Gasteiger partial charge is 0.304 e. The molecular weight excluding hydrogens is 482 g/mol. The zero-order chi connectivity index (χ0) is 27.3. The molecule has 38 heavy (non-hydrogen) atoms. The molecule has 0 saturated carbocycles. The first-order valence-corrected chi connectivity index (χ1v) is 12.4. The van der Waals surface area contributed by atoms with Crippen LogP contribution in [0.2, 0.25) is 0 Å². The Bertz CT molecular complexity index is 1280. The number of methoxy groups -OCH3 is 1. The van der Waals surface area contributed by atoms with Crippen molar-refractivity contribution in [2.45, 2.75) is 45.3 Å². The van der Waals surface area contributed by atoms with Gasteiger partial charge in [-0.3, -0.25) is 9.59 Å². The van der Waals surface area contributed by atoms with Crippen LogP contribution in [-0.4, -0.2) is 36.3 Å². The van der Waals surface area contributed by atoms with E-state index in [4.69, 9.17) is 24.5 Å². The summed E-state index contributed by atoms with van der Waals surface area (Å²) in [5.41, 5.74) is 5.86. The van der Waals surface area contributed by atoms with Crippen molar-refractivity contribution >= 4 is 18.1 Å². The van der Waals surface area contributed by atoms with E-state index in [0.29, 0.717) is 6.61 Å². The van der Waals surface area contributed by atoms with E-state index in [2.05, 4.69) is 53.1 Å². The monoisotopic (exact) mass is 515 g/mol. The third kappa shape index (κ3) is 8.04. The molecule has 3 aromatic rings. The summed E-state index contributed by atoms with van der Waals surface area (Å²) >= 11 is 0. The summed E-state index contributed by atoms with van der Waals surface area (Å²) in [5, 5.41) is 16.0. The number of aliphatic carboxylic acids is 1. The quantitative estimate of drug-likeness (QED) is 0.287. The predicted molar refractivity (Wildman–Crippen MR) is 147 cm³/mol. The molecule has 4 rings (SSSR count). The Morgan fingerprint density at radius 3 is 2.47 bits per heavy atom. The SMILES string of the molecule is CC#C[C@@H](CC(=O)O)c1ccc(OCc2cccc(CN3CCCc4ccc(OC)cc43)c2)cc1.O=CO. The van der Waals surface area contributed by atoms with Crippen LogP contribution >= 0.6 is 0 Å². The first-order chi connectivity index (χ1) is 18.5. The number of aryl methyl sites for hydroxylation is 1. The minimum Gasteiger partial charge on any atom is -0.497 e. The van der Waals surface area contributed by atoms with Gasteiger partial charge in [0.25, 0.3) is 6.47 Å². The molecule has 7 heteroatoms. The lowest BCUT2D eigenvalue weighted by Gasteiger charge is -2.32. The fourth-order valence-electron chi connectivity index (χ4n) is 4.52. The van der Waals surface area contributed by atoms with Gasteiger partial charge in [0.15, 0.2) is 0 Å². The second kappa shape index (κ2) is 14.3. The molecule has 0 bridgehead atoms. The van der Waals surface area contributed by atoms with E-state index in [1.807, 2.05) is 30.3 Å². The molecule has 2 N–H and O–H groups in total. The molecule has 0 fully saturated rings. The lowest BCUT2D eigenvalue weighted by atomic mass is 9.96. The summed E-state index contributed by atoms with van der Waals surface area (Å²) in [6.45, 7) is 3.80. The van der Waals surface area contributed by atoms with Crippen LogP contribution in [0.25, 0.3) is 0 Å². The summed E-state index contributed by atoms with van der Waals surface area (Å²) in [6, 6.07) is 22.4.